The first-order chi connectivity index (χ1) is 8.91. The predicted molar refractivity (Wildman–Crippen MR) is 91.2 cm³/mol. The molecule has 0 heterocycles. The Hall–Kier alpha value is -1.55. The van der Waals surface area contributed by atoms with E-state index in [0.29, 0.717) is 5.56 Å². The van der Waals surface area contributed by atoms with Crippen molar-refractivity contribution < 1.29 is 4.79 Å². The van der Waals surface area contributed by atoms with Gasteiger partial charge in [0.1, 0.15) is 0 Å². The zero-order chi connectivity index (χ0) is 15.7. The number of halogens is 1. The number of amides is 1. The first-order valence-corrected chi connectivity index (χ1v) is 6.71. The van der Waals surface area contributed by atoms with Crippen molar-refractivity contribution in [3.05, 3.63) is 34.9 Å². The molecule has 4 N–H and O–H groups in total. The highest BCUT2D eigenvalue weighted by Crippen LogP contribution is 2.30. The minimum Gasteiger partial charge on any atom is -0.370 e. The third kappa shape index (κ3) is 5.38. The fourth-order valence-corrected chi connectivity index (χ4v) is 1.80. The van der Waals surface area contributed by atoms with Crippen molar-refractivity contribution in [2.75, 3.05) is 0 Å². The Morgan fingerprint density at radius 2 is 1.29 bits per heavy atom. The van der Waals surface area contributed by atoms with Crippen molar-refractivity contribution in [2.24, 2.45) is 16.5 Å². The molecule has 21 heavy (non-hydrogen) atoms. The second kappa shape index (κ2) is 6.48. The second-order valence-corrected chi connectivity index (χ2v) is 7.14. The van der Waals surface area contributed by atoms with Crippen molar-refractivity contribution in [1.82, 2.24) is 0 Å². The fourth-order valence-electron chi connectivity index (χ4n) is 1.80. The molecule has 1 aromatic rings. The smallest absolute Gasteiger partial charge is 0.280 e. The summed E-state index contributed by atoms with van der Waals surface area (Å²) in [6, 6.07) is 5.88. The van der Waals surface area contributed by atoms with Gasteiger partial charge in [-0.15, -0.1) is 12.4 Å². The Labute approximate surface area is 133 Å². The SMILES string of the molecule is CC(C)(C)c1cc(C(=O)N=C(N)N)cc(C(C)(C)C)c1.Cl. The molecule has 5 heteroatoms. The number of nitrogens with zero attached hydrogens (tertiary/aromatic N) is 1. The van der Waals surface area contributed by atoms with Gasteiger partial charge in [0.15, 0.2) is 5.96 Å². The van der Waals surface area contributed by atoms with E-state index in [1.165, 1.54) is 0 Å². The molecule has 0 radical (unpaired) electrons. The molecule has 0 aliphatic heterocycles. The largest absolute Gasteiger partial charge is 0.370 e. The predicted octanol–water partition coefficient (Wildman–Crippen LogP) is 3.12. The maximum absolute atomic E-state index is 12.1. The van der Waals surface area contributed by atoms with E-state index in [1.54, 1.807) is 0 Å². The van der Waals surface area contributed by atoms with E-state index in [2.05, 4.69) is 52.6 Å². The number of guanidine groups is 1. The number of carbonyl (C=O) groups is 1. The number of nitrogens with two attached hydrogens (primary N) is 2. The zero-order valence-electron chi connectivity index (χ0n) is 13.7. The highest BCUT2D eigenvalue weighted by Gasteiger charge is 2.22. The van der Waals surface area contributed by atoms with Crippen molar-refractivity contribution in [3.8, 4) is 0 Å². The lowest BCUT2D eigenvalue weighted by atomic mass is 9.79. The average Bonchev–Trinajstić information content (AvgIpc) is 2.25. The van der Waals surface area contributed by atoms with Gasteiger partial charge in [-0.3, -0.25) is 4.79 Å². The van der Waals surface area contributed by atoms with Gasteiger partial charge in [0.05, 0.1) is 0 Å². The standard InChI is InChI=1S/C16H25N3O.ClH/c1-15(2,3)11-7-10(13(20)19-14(17)18)8-12(9-11)16(4,5)6;/h7-9H,1-6H3,(H4,17,18,19,20);1H. The Bertz CT molecular complexity index is 515. The number of benzene rings is 1. The van der Waals surface area contributed by atoms with Gasteiger partial charge in [0.2, 0.25) is 0 Å². The van der Waals surface area contributed by atoms with E-state index in [9.17, 15) is 4.79 Å². The molecule has 0 unspecified atom stereocenters. The Morgan fingerprint density at radius 3 is 1.57 bits per heavy atom. The molecular formula is C16H26ClN3O. The quantitative estimate of drug-likeness (QED) is 0.617. The van der Waals surface area contributed by atoms with Gasteiger partial charge in [0.25, 0.3) is 5.91 Å². The zero-order valence-corrected chi connectivity index (χ0v) is 14.5. The molecule has 0 aromatic heterocycles. The van der Waals surface area contributed by atoms with Crippen LogP contribution in [-0.2, 0) is 10.8 Å². The van der Waals surface area contributed by atoms with E-state index in [1.807, 2.05) is 12.1 Å². The Kier molecular flexibility index (Phi) is 6.00. The van der Waals surface area contributed by atoms with Gasteiger partial charge >= 0.3 is 0 Å². The molecule has 1 rings (SSSR count). The molecule has 0 aliphatic rings. The molecule has 4 nitrogen and oxygen atoms in total. The van der Waals surface area contributed by atoms with Crippen LogP contribution in [0.15, 0.2) is 23.2 Å². The number of aliphatic imine (C=N–C) groups is 1. The summed E-state index contributed by atoms with van der Waals surface area (Å²) < 4.78 is 0. The first-order valence-electron chi connectivity index (χ1n) is 6.71. The minimum atomic E-state index is -0.401. The molecule has 0 saturated heterocycles. The van der Waals surface area contributed by atoms with E-state index in [4.69, 9.17) is 11.5 Å². The normalized spacial score (nSPS) is 11.5. The summed E-state index contributed by atoms with van der Waals surface area (Å²) in [5.41, 5.74) is 13.2. The maximum atomic E-state index is 12.1. The highest BCUT2D eigenvalue weighted by atomic mass is 35.5. The van der Waals surface area contributed by atoms with E-state index in [0.717, 1.165) is 11.1 Å². The van der Waals surface area contributed by atoms with Crippen LogP contribution in [0.25, 0.3) is 0 Å². The van der Waals surface area contributed by atoms with Crippen LogP contribution in [0, 0.1) is 0 Å². The third-order valence-corrected chi connectivity index (χ3v) is 3.14. The van der Waals surface area contributed by atoms with E-state index >= 15 is 0 Å². The Balaban J connectivity index is 0.00000400. The van der Waals surface area contributed by atoms with Gasteiger partial charge in [-0.05, 0) is 34.1 Å². The van der Waals surface area contributed by atoms with Gasteiger partial charge in [-0.25, -0.2) is 0 Å². The molecule has 0 spiro atoms. The Morgan fingerprint density at radius 1 is 0.905 bits per heavy atom. The van der Waals surface area contributed by atoms with Crippen LogP contribution < -0.4 is 11.5 Å². The van der Waals surface area contributed by atoms with Gasteiger partial charge in [-0.2, -0.15) is 4.99 Å². The lowest BCUT2D eigenvalue weighted by molar-refractivity contribution is 0.100. The molecule has 1 aromatic carbocycles. The lowest BCUT2D eigenvalue weighted by Crippen LogP contribution is -2.24. The fraction of sp³-hybridized carbons (Fsp3) is 0.500. The highest BCUT2D eigenvalue weighted by molar-refractivity contribution is 6.02. The topological polar surface area (TPSA) is 81.5 Å². The van der Waals surface area contributed by atoms with Crippen molar-refractivity contribution >= 4 is 24.3 Å². The van der Waals surface area contributed by atoms with Gasteiger partial charge in [-0.1, -0.05) is 47.6 Å². The molecule has 0 saturated carbocycles. The summed E-state index contributed by atoms with van der Waals surface area (Å²) in [6.07, 6.45) is 0. The second-order valence-electron chi connectivity index (χ2n) is 7.14. The summed E-state index contributed by atoms with van der Waals surface area (Å²) in [6.45, 7) is 12.7. The van der Waals surface area contributed by atoms with Crippen LogP contribution in [0.4, 0.5) is 0 Å². The summed E-state index contributed by atoms with van der Waals surface area (Å²) in [7, 11) is 0. The molecule has 1 amide bonds. The minimum absolute atomic E-state index is 0. The van der Waals surface area contributed by atoms with Crippen molar-refractivity contribution in [1.29, 1.82) is 0 Å². The molecular weight excluding hydrogens is 286 g/mol. The third-order valence-electron chi connectivity index (χ3n) is 3.14. The van der Waals surface area contributed by atoms with Crippen LogP contribution >= 0.6 is 12.4 Å². The molecule has 0 aliphatic carbocycles. The number of rotatable bonds is 1. The summed E-state index contributed by atoms with van der Waals surface area (Å²) in [5.74, 6) is -0.616. The van der Waals surface area contributed by atoms with E-state index in [-0.39, 0.29) is 29.2 Å². The van der Waals surface area contributed by atoms with Crippen LogP contribution in [-0.4, -0.2) is 11.9 Å². The number of hydrogen-bond donors (Lipinski definition) is 2. The average molecular weight is 312 g/mol. The molecule has 0 bridgehead atoms. The lowest BCUT2D eigenvalue weighted by Gasteiger charge is -2.25. The summed E-state index contributed by atoms with van der Waals surface area (Å²) in [4.78, 5) is 15.7. The summed E-state index contributed by atoms with van der Waals surface area (Å²) in [5, 5.41) is 0. The molecule has 0 fully saturated rings. The van der Waals surface area contributed by atoms with Crippen LogP contribution in [0.5, 0.6) is 0 Å². The van der Waals surface area contributed by atoms with Gasteiger partial charge < -0.3 is 11.5 Å². The van der Waals surface area contributed by atoms with Gasteiger partial charge in [0, 0.05) is 5.56 Å². The van der Waals surface area contributed by atoms with Crippen molar-refractivity contribution in [2.45, 2.75) is 52.4 Å². The summed E-state index contributed by atoms with van der Waals surface area (Å²) >= 11 is 0. The molecule has 118 valence electrons. The van der Waals surface area contributed by atoms with Crippen molar-refractivity contribution in [3.63, 3.8) is 0 Å². The maximum Gasteiger partial charge on any atom is 0.280 e. The number of carbonyl (C=O) groups excluding carboxylic acids is 1. The molecule has 0 atom stereocenters. The monoisotopic (exact) mass is 311 g/mol. The number of hydrogen-bond acceptors (Lipinski definition) is 1. The van der Waals surface area contributed by atoms with Crippen LogP contribution in [0.2, 0.25) is 0 Å². The first kappa shape index (κ1) is 19.4. The van der Waals surface area contributed by atoms with Crippen LogP contribution in [0.1, 0.15) is 63.0 Å². The van der Waals surface area contributed by atoms with E-state index < -0.39 is 5.91 Å². The van der Waals surface area contributed by atoms with Crippen LogP contribution in [0.3, 0.4) is 0 Å².